The quantitative estimate of drug-likeness (QED) is 0.482. The van der Waals surface area contributed by atoms with Crippen LogP contribution in [0.3, 0.4) is 0 Å². The van der Waals surface area contributed by atoms with E-state index in [0.29, 0.717) is 11.3 Å². The predicted molar refractivity (Wildman–Crippen MR) is 99.0 cm³/mol. The number of thiocarbonyl (C=S) groups is 1. The number of nitro groups is 1. The maximum atomic E-state index is 12.3. The Labute approximate surface area is 150 Å². The Bertz CT molecular complexity index is 808. The van der Waals surface area contributed by atoms with Gasteiger partial charge in [-0.15, -0.1) is 0 Å². The summed E-state index contributed by atoms with van der Waals surface area (Å²) < 4.78 is 5.54. The minimum Gasteiger partial charge on any atom is -0.491 e. The van der Waals surface area contributed by atoms with Crippen molar-refractivity contribution in [2.45, 2.75) is 20.0 Å². The van der Waals surface area contributed by atoms with Crippen LogP contribution in [0.4, 0.5) is 11.4 Å². The number of hydrogen-bond acceptors (Lipinski definition) is 5. The average Bonchev–Trinajstić information content (AvgIpc) is 2.54. The van der Waals surface area contributed by atoms with Gasteiger partial charge in [-0.05, 0) is 50.3 Å². The molecule has 0 spiro atoms. The van der Waals surface area contributed by atoms with Gasteiger partial charge >= 0.3 is 0 Å². The molecule has 2 rings (SSSR count). The molecule has 2 aromatic rings. The van der Waals surface area contributed by atoms with E-state index in [1.54, 1.807) is 36.4 Å². The van der Waals surface area contributed by atoms with Crippen LogP contribution in [0.1, 0.15) is 24.2 Å². The van der Waals surface area contributed by atoms with Crippen molar-refractivity contribution < 1.29 is 14.5 Å². The van der Waals surface area contributed by atoms with Crippen LogP contribution in [0.25, 0.3) is 0 Å². The van der Waals surface area contributed by atoms with Gasteiger partial charge in [0.1, 0.15) is 11.4 Å². The van der Waals surface area contributed by atoms with Gasteiger partial charge in [0, 0.05) is 11.6 Å². The Morgan fingerprint density at radius 1 is 1.20 bits per heavy atom. The first-order chi connectivity index (χ1) is 11.9. The molecular formula is C17H17N3O4S. The number of rotatable bonds is 5. The maximum Gasteiger partial charge on any atom is 0.292 e. The van der Waals surface area contributed by atoms with Crippen molar-refractivity contribution in [3.8, 4) is 5.75 Å². The van der Waals surface area contributed by atoms with E-state index in [-0.39, 0.29) is 22.6 Å². The predicted octanol–water partition coefficient (Wildman–Crippen LogP) is 3.51. The van der Waals surface area contributed by atoms with Gasteiger partial charge in [0.25, 0.3) is 11.6 Å². The SMILES string of the molecule is CC(C)Oc1cccc(C(=O)NC(=S)Nc2ccccc2[N+](=O)[O-])c1. The summed E-state index contributed by atoms with van der Waals surface area (Å²) in [7, 11) is 0. The summed E-state index contributed by atoms with van der Waals surface area (Å²) in [6.07, 6.45) is -0.0142. The van der Waals surface area contributed by atoms with Crippen molar-refractivity contribution in [1.29, 1.82) is 0 Å². The highest BCUT2D eigenvalue weighted by Gasteiger charge is 2.15. The molecule has 0 heterocycles. The van der Waals surface area contributed by atoms with E-state index in [2.05, 4.69) is 10.6 Å². The van der Waals surface area contributed by atoms with Gasteiger partial charge in [-0.2, -0.15) is 0 Å². The van der Waals surface area contributed by atoms with Crippen LogP contribution in [0.5, 0.6) is 5.75 Å². The zero-order valence-corrected chi connectivity index (χ0v) is 14.5. The Morgan fingerprint density at radius 2 is 1.92 bits per heavy atom. The molecule has 25 heavy (non-hydrogen) atoms. The molecule has 2 N–H and O–H groups in total. The molecule has 0 atom stereocenters. The third kappa shape index (κ3) is 5.25. The van der Waals surface area contributed by atoms with Crippen LogP contribution in [0, 0.1) is 10.1 Å². The van der Waals surface area contributed by atoms with Gasteiger partial charge in [0.2, 0.25) is 0 Å². The highest BCUT2D eigenvalue weighted by Crippen LogP contribution is 2.23. The van der Waals surface area contributed by atoms with Gasteiger partial charge in [-0.25, -0.2) is 0 Å². The second-order valence-corrected chi connectivity index (χ2v) is 5.79. The molecular weight excluding hydrogens is 342 g/mol. The Hall–Kier alpha value is -3.00. The fourth-order valence-electron chi connectivity index (χ4n) is 2.05. The van der Waals surface area contributed by atoms with E-state index in [1.807, 2.05) is 13.8 Å². The number of nitrogens with zero attached hydrogens (tertiary/aromatic N) is 1. The average molecular weight is 359 g/mol. The number of nitrogens with one attached hydrogen (secondary N) is 2. The largest absolute Gasteiger partial charge is 0.491 e. The van der Waals surface area contributed by atoms with Crippen molar-refractivity contribution in [1.82, 2.24) is 5.32 Å². The molecule has 0 aliphatic heterocycles. The summed E-state index contributed by atoms with van der Waals surface area (Å²) in [5.41, 5.74) is 0.436. The summed E-state index contributed by atoms with van der Waals surface area (Å²) in [4.78, 5) is 22.7. The number of benzene rings is 2. The molecule has 0 radical (unpaired) electrons. The monoisotopic (exact) mass is 359 g/mol. The van der Waals surface area contributed by atoms with E-state index in [4.69, 9.17) is 17.0 Å². The van der Waals surface area contributed by atoms with Crippen LogP contribution in [0.15, 0.2) is 48.5 Å². The highest BCUT2D eigenvalue weighted by atomic mass is 32.1. The lowest BCUT2D eigenvalue weighted by Gasteiger charge is -2.12. The van der Waals surface area contributed by atoms with Crippen molar-refractivity contribution >= 4 is 34.6 Å². The number of amides is 1. The number of hydrogen-bond donors (Lipinski definition) is 2. The van der Waals surface area contributed by atoms with E-state index < -0.39 is 10.8 Å². The Morgan fingerprint density at radius 3 is 2.60 bits per heavy atom. The lowest BCUT2D eigenvalue weighted by atomic mass is 10.2. The van der Waals surface area contributed by atoms with Crippen molar-refractivity contribution in [2.24, 2.45) is 0 Å². The second kappa shape index (κ2) is 8.20. The molecule has 2 aromatic carbocycles. The second-order valence-electron chi connectivity index (χ2n) is 5.38. The number of carbonyl (C=O) groups is 1. The van der Waals surface area contributed by atoms with Gasteiger partial charge in [0.05, 0.1) is 11.0 Å². The Balaban J connectivity index is 2.06. The molecule has 130 valence electrons. The lowest BCUT2D eigenvalue weighted by Crippen LogP contribution is -2.34. The van der Waals surface area contributed by atoms with Crippen LogP contribution >= 0.6 is 12.2 Å². The standard InChI is InChI=1S/C17H17N3O4S/c1-11(2)24-13-7-5-6-12(10-13)16(21)19-17(25)18-14-8-3-4-9-15(14)20(22)23/h3-11H,1-2H3,(H2,18,19,21,25). The van der Waals surface area contributed by atoms with Crippen LogP contribution in [0.2, 0.25) is 0 Å². The number of para-hydroxylation sites is 2. The minimum absolute atomic E-state index is 0.0142. The third-order valence-corrected chi connectivity index (χ3v) is 3.25. The summed E-state index contributed by atoms with van der Waals surface area (Å²) in [5, 5.41) is 16.1. The van der Waals surface area contributed by atoms with Crippen LogP contribution in [-0.4, -0.2) is 22.0 Å². The Kier molecular flexibility index (Phi) is 6.02. The van der Waals surface area contributed by atoms with E-state index in [1.165, 1.54) is 12.1 Å². The van der Waals surface area contributed by atoms with Gasteiger partial charge in [-0.1, -0.05) is 18.2 Å². The highest BCUT2D eigenvalue weighted by molar-refractivity contribution is 7.80. The summed E-state index contributed by atoms with van der Waals surface area (Å²) in [5.74, 6) is 0.130. The lowest BCUT2D eigenvalue weighted by molar-refractivity contribution is -0.383. The molecule has 0 unspecified atom stereocenters. The van der Waals surface area contributed by atoms with Gasteiger partial charge in [0.15, 0.2) is 5.11 Å². The van der Waals surface area contributed by atoms with Crippen molar-refractivity contribution in [3.05, 3.63) is 64.2 Å². The number of nitro benzene ring substituents is 1. The fraction of sp³-hybridized carbons (Fsp3) is 0.176. The molecule has 0 aromatic heterocycles. The molecule has 7 nitrogen and oxygen atoms in total. The molecule has 0 saturated heterocycles. The van der Waals surface area contributed by atoms with E-state index in [9.17, 15) is 14.9 Å². The first kappa shape index (κ1) is 18.3. The van der Waals surface area contributed by atoms with Gasteiger partial charge in [-0.3, -0.25) is 20.2 Å². The van der Waals surface area contributed by atoms with Crippen molar-refractivity contribution in [2.75, 3.05) is 5.32 Å². The molecule has 0 bridgehead atoms. The molecule has 8 heteroatoms. The first-order valence-corrected chi connectivity index (χ1v) is 7.90. The normalized spacial score (nSPS) is 10.2. The number of ether oxygens (including phenoxy) is 1. The minimum atomic E-state index is -0.528. The van der Waals surface area contributed by atoms with Crippen LogP contribution < -0.4 is 15.4 Å². The zero-order chi connectivity index (χ0) is 18.4. The molecule has 0 fully saturated rings. The van der Waals surface area contributed by atoms with E-state index in [0.717, 1.165) is 0 Å². The molecule has 0 saturated carbocycles. The molecule has 0 aliphatic carbocycles. The summed E-state index contributed by atoms with van der Waals surface area (Å²) in [6.45, 7) is 3.77. The first-order valence-electron chi connectivity index (χ1n) is 7.49. The van der Waals surface area contributed by atoms with Gasteiger partial charge < -0.3 is 10.1 Å². The topological polar surface area (TPSA) is 93.5 Å². The number of anilines is 1. The molecule has 1 amide bonds. The maximum absolute atomic E-state index is 12.3. The fourth-order valence-corrected chi connectivity index (χ4v) is 2.25. The molecule has 0 aliphatic rings. The zero-order valence-electron chi connectivity index (χ0n) is 13.7. The van der Waals surface area contributed by atoms with Crippen molar-refractivity contribution in [3.63, 3.8) is 0 Å². The number of carbonyl (C=O) groups excluding carboxylic acids is 1. The summed E-state index contributed by atoms with van der Waals surface area (Å²) >= 11 is 5.06. The smallest absolute Gasteiger partial charge is 0.292 e. The third-order valence-electron chi connectivity index (χ3n) is 3.04. The van der Waals surface area contributed by atoms with E-state index >= 15 is 0 Å². The summed E-state index contributed by atoms with van der Waals surface area (Å²) in [6, 6.07) is 12.7. The van der Waals surface area contributed by atoms with Crippen LogP contribution in [-0.2, 0) is 0 Å².